The minimum Gasteiger partial charge on any atom is -0.337 e. The fourth-order valence-electron chi connectivity index (χ4n) is 3.97. The van der Waals surface area contributed by atoms with Gasteiger partial charge in [0.05, 0.1) is 12.2 Å². The third-order valence-electron chi connectivity index (χ3n) is 5.49. The molecule has 154 valence electrons. The van der Waals surface area contributed by atoms with Crippen LogP contribution in [-0.2, 0) is 17.9 Å². The molecule has 0 saturated carbocycles. The summed E-state index contributed by atoms with van der Waals surface area (Å²) in [5.41, 5.74) is 1.85. The second-order valence-corrected chi connectivity index (χ2v) is 7.52. The SMILES string of the molecule is Cc1cc2n(n1)CC[C@H](NC(=O)c1nc3n(n1)CCN3c1ccccc1)C(=O)N2C. The van der Waals surface area contributed by atoms with Crippen molar-refractivity contribution in [3.05, 3.63) is 47.9 Å². The van der Waals surface area contributed by atoms with E-state index in [1.807, 2.05) is 48.2 Å². The Kier molecular flexibility index (Phi) is 4.27. The van der Waals surface area contributed by atoms with Crippen LogP contribution in [0.2, 0.25) is 0 Å². The maximum atomic E-state index is 12.9. The number of fused-ring (bicyclic) bond motifs is 2. The van der Waals surface area contributed by atoms with Crippen LogP contribution < -0.4 is 15.1 Å². The van der Waals surface area contributed by atoms with Crippen molar-refractivity contribution in [1.82, 2.24) is 29.9 Å². The molecule has 1 aromatic carbocycles. The van der Waals surface area contributed by atoms with E-state index in [0.29, 0.717) is 25.5 Å². The summed E-state index contributed by atoms with van der Waals surface area (Å²) >= 11 is 0. The van der Waals surface area contributed by atoms with Crippen LogP contribution in [0.15, 0.2) is 36.4 Å². The van der Waals surface area contributed by atoms with Crippen molar-refractivity contribution in [2.45, 2.75) is 32.5 Å². The highest BCUT2D eigenvalue weighted by Gasteiger charge is 2.32. The number of aromatic nitrogens is 5. The van der Waals surface area contributed by atoms with E-state index in [0.717, 1.165) is 23.7 Å². The van der Waals surface area contributed by atoms with Crippen LogP contribution in [0.1, 0.15) is 22.7 Å². The standard InChI is InChI=1S/C20H22N8O2/c1-13-12-16-25(2)19(30)15(8-9-27(16)23-13)21-18(29)17-22-20-26(10-11-28(20)24-17)14-6-4-3-5-7-14/h3-7,12,15H,8-11H2,1-2H3,(H,21,29)/t15-/m0/s1. The van der Waals surface area contributed by atoms with Crippen molar-refractivity contribution in [1.29, 1.82) is 0 Å². The Balaban J connectivity index is 1.33. The molecular formula is C20H22N8O2. The van der Waals surface area contributed by atoms with E-state index in [1.54, 1.807) is 16.4 Å². The summed E-state index contributed by atoms with van der Waals surface area (Å²) in [6.45, 7) is 3.83. The monoisotopic (exact) mass is 406 g/mol. The van der Waals surface area contributed by atoms with Crippen molar-refractivity contribution in [3.63, 3.8) is 0 Å². The number of hydrogen-bond acceptors (Lipinski definition) is 6. The van der Waals surface area contributed by atoms with Gasteiger partial charge in [-0.05, 0) is 25.5 Å². The van der Waals surface area contributed by atoms with E-state index in [-0.39, 0.29) is 11.7 Å². The number of rotatable bonds is 3. The van der Waals surface area contributed by atoms with Gasteiger partial charge in [-0.1, -0.05) is 18.2 Å². The number of carbonyl (C=O) groups is 2. The maximum absolute atomic E-state index is 12.9. The van der Waals surface area contributed by atoms with Gasteiger partial charge in [-0.15, -0.1) is 5.10 Å². The van der Waals surface area contributed by atoms with Gasteiger partial charge in [0, 0.05) is 31.9 Å². The molecule has 1 N–H and O–H groups in total. The first-order valence-corrected chi connectivity index (χ1v) is 9.91. The van der Waals surface area contributed by atoms with Crippen LogP contribution in [0.3, 0.4) is 0 Å². The zero-order valence-corrected chi connectivity index (χ0v) is 16.8. The molecule has 5 rings (SSSR count). The molecule has 2 aliphatic rings. The Hall–Kier alpha value is -3.69. The second kappa shape index (κ2) is 6.97. The summed E-state index contributed by atoms with van der Waals surface area (Å²) in [5.74, 6) is 0.795. The van der Waals surface area contributed by atoms with E-state index >= 15 is 0 Å². The molecular weight excluding hydrogens is 384 g/mol. The van der Waals surface area contributed by atoms with Crippen molar-refractivity contribution in [2.75, 3.05) is 23.4 Å². The maximum Gasteiger partial charge on any atom is 0.291 e. The smallest absolute Gasteiger partial charge is 0.291 e. The molecule has 0 aliphatic carbocycles. The van der Waals surface area contributed by atoms with Gasteiger partial charge in [-0.2, -0.15) is 10.1 Å². The number of hydrogen-bond donors (Lipinski definition) is 1. The Morgan fingerprint density at radius 1 is 1.10 bits per heavy atom. The number of para-hydroxylation sites is 1. The second-order valence-electron chi connectivity index (χ2n) is 7.52. The molecule has 30 heavy (non-hydrogen) atoms. The minimum absolute atomic E-state index is 0.0684. The Labute approximate surface area is 173 Å². The topological polar surface area (TPSA) is 101 Å². The van der Waals surface area contributed by atoms with Gasteiger partial charge in [0.25, 0.3) is 11.8 Å². The Morgan fingerprint density at radius 3 is 2.70 bits per heavy atom. The lowest BCUT2D eigenvalue weighted by molar-refractivity contribution is -0.120. The van der Waals surface area contributed by atoms with Crippen LogP contribution in [0.25, 0.3) is 0 Å². The van der Waals surface area contributed by atoms with Crippen LogP contribution in [0, 0.1) is 6.92 Å². The number of amides is 2. The summed E-state index contributed by atoms with van der Waals surface area (Å²) < 4.78 is 3.52. The molecule has 3 aromatic rings. The lowest BCUT2D eigenvalue weighted by atomic mass is 10.2. The average Bonchev–Trinajstić information content (AvgIpc) is 3.42. The van der Waals surface area contributed by atoms with Gasteiger partial charge in [-0.3, -0.25) is 14.5 Å². The number of likely N-dealkylation sites (N-methyl/N-ethyl adjacent to an activating group) is 1. The number of aryl methyl sites for hydroxylation is 2. The normalized spacial score (nSPS) is 18.2. The summed E-state index contributed by atoms with van der Waals surface area (Å²) in [5, 5.41) is 11.6. The van der Waals surface area contributed by atoms with Gasteiger partial charge < -0.3 is 10.2 Å². The fraction of sp³-hybridized carbons (Fsp3) is 0.350. The molecule has 2 aromatic heterocycles. The first-order chi connectivity index (χ1) is 14.5. The average molecular weight is 406 g/mol. The molecule has 2 aliphatic heterocycles. The van der Waals surface area contributed by atoms with Gasteiger partial charge in [0.15, 0.2) is 0 Å². The molecule has 0 radical (unpaired) electrons. The summed E-state index contributed by atoms with van der Waals surface area (Å²) in [6.07, 6.45) is 0.451. The van der Waals surface area contributed by atoms with Crippen LogP contribution in [-0.4, -0.2) is 56.0 Å². The third kappa shape index (κ3) is 3.00. The van der Waals surface area contributed by atoms with Crippen LogP contribution in [0.4, 0.5) is 17.5 Å². The van der Waals surface area contributed by atoms with E-state index in [4.69, 9.17) is 0 Å². The summed E-state index contributed by atoms with van der Waals surface area (Å²) in [7, 11) is 1.70. The minimum atomic E-state index is -0.659. The number of anilines is 3. The predicted octanol–water partition coefficient (Wildman–Crippen LogP) is 1.10. The predicted molar refractivity (Wildman–Crippen MR) is 110 cm³/mol. The van der Waals surface area contributed by atoms with Gasteiger partial charge >= 0.3 is 0 Å². The molecule has 1 atom stereocenters. The molecule has 10 heteroatoms. The Bertz CT molecular complexity index is 1120. The van der Waals surface area contributed by atoms with Gasteiger partial charge in [0.1, 0.15) is 11.9 Å². The number of carbonyl (C=O) groups excluding carboxylic acids is 2. The molecule has 0 spiro atoms. The van der Waals surface area contributed by atoms with Crippen molar-refractivity contribution < 1.29 is 9.59 Å². The van der Waals surface area contributed by atoms with Crippen molar-refractivity contribution >= 4 is 29.3 Å². The van der Waals surface area contributed by atoms with Gasteiger partial charge in [-0.25, -0.2) is 9.36 Å². The molecule has 0 saturated heterocycles. The Morgan fingerprint density at radius 2 is 1.90 bits per heavy atom. The van der Waals surface area contributed by atoms with Crippen LogP contribution >= 0.6 is 0 Å². The largest absolute Gasteiger partial charge is 0.337 e. The molecule has 0 bridgehead atoms. The number of nitrogens with zero attached hydrogens (tertiary/aromatic N) is 7. The molecule has 2 amide bonds. The number of nitrogens with one attached hydrogen (secondary N) is 1. The highest BCUT2D eigenvalue weighted by atomic mass is 16.2. The first-order valence-electron chi connectivity index (χ1n) is 9.91. The highest BCUT2D eigenvalue weighted by Crippen LogP contribution is 2.28. The zero-order chi connectivity index (χ0) is 20.8. The van der Waals surface area contributed by atoms with Crippen molar-refractivity contribution in [3.8, 4) is 0 Å². The fourth-order valence-corrected chi connectivity index (χ4v) is 3.97. The lowest BCUT2D eigenvalue weighted by Gasteiger charge is -2.20. The quantitative estimate of drug-likeness (QED) is 0.699. The summed E-state index contributed by atoms with van der Waals surface area (Å²) in [6, 6.07) is 11.1. The van der Waals surface area contributed by atoms with Gasteiger partial charge in [0.2, 0.25) is 11.8 Å². The summed E-state index contributed by atoms with van der Waals surface area (Å²) in [4.78, 5) is 33.7. The molecule has 0 fully saturated rings. The zero-order valence-electron chi connectivity index (χ0n) is 16.8. The lowest BCUT2D eigenvalue weighted by Crippen LogP contribution is -2.47. The third-order valence-corrected chi connectivity index (χ3v) is 5.49. The molecule has 4 heterocycles. The van der Waals surface area contributed by atoms with Crippen molar-refractivity contribution in [2.24, 2.45) is 0 Å². The van der Waals surface area contributed by atoms with E-state index in [2.05, 4.69) is 20.5 Å². The van der Waals surface area contributed by atoms with E-state index < -0.39 is 11.9 Å². The number of benzene rings is 1. The first kappa shape index (κ1) is 18.3. The van der Waals surface area contributed by atoms with Crippen LogP contribution in [0.5, 0.6) is 0 Å². The molecule has 10 nitrogen and oxygen atoms in total. The van der Waals surface area contributed by atoms with E-state index in [1.165, 1.54) is 4.90 Å². The molecule has 0 unspecified atom stereocenters. The van der Waals surface area contributed by atoms with E-state index in [9.17, 15) is 9.59 Å². The highest BCUT2D eigenvalue weighted by molar-refractivity contribution is 6.01.